The van der Waals surface area contributed by atoms with E-state index in [0.717, 1.165) is 43.0 Å². The molecule has 0 radical (unpaired) electrons. The van der Waals surface area contributed by atoms with Gasteiger partial charge < -0.3 is 19.0 Å². The van der Waals surface area contributed by atoms with Gasteiger partial charge >= 0.3 is 11.8 Å². The topological polar surface area (TPSA) is 71.2 Å². The summed E-state index contributed by atoms with van der Waals surface area (Å²) in [6.45, 7) is 6.17. The molecule has 2 aliphatic rings. The number of rotatable bonds is 4. The maximum atomic E-state index is 13.1. The summed E-state index contributed by atoms with van der Waals surface area (Å²) in [5.41, 5.74) is 5.59. The van der Waals surface area contributed by atoms with Crippen LogP contribution in [0.3, 0.4) is 0 Å². The minimum absolute atomic E-state index is 0.355. The lowest BCUT2D eigenvalue weighted by Gasteiger charge is -2.36. The molecule has 2 aliphatic heterocycles. The molecule has 190 valence electrons. The SMILES string of the molecule is O=C(N1CCOCC1)n1c(=O)oc2c(N3CCN(Cc4cccc(-c5ccccc5)c4)CC3)cccc21. The van der Waals surface area contributed by atoms with Gasteiger partial charge in [0.2, 0.25) is 0 Å². The molecular formula is C29H30N4O4. The Balaban J connectivity index is 1.16. The first-order valence-corrected chi connectivity index (χ1v) is 12.8. The van der Waals surface area contributed by atoms with E-state index in [9.17, 15) is 9.59 Å². The van der Waals surface area contributed by atoms with E-state index in [1.54, 1.807) is 11.0 Å². The number of aromatic nitrogens is 1. The summed E-state index contributed by atoms with van der Waals surface area (Å²) >= 11 is 0. The number of amides is 1. The Bertz CT molecular complexity index is 1450. The van der Waals surface area contributed by atoms with E-state index < -0.39 is 5.76 Å². The lowest BCUT2D eigenvalue weighted by Crippen LogP contribution is -2.46. The minimum Gasteiger partial charge on any atom is -0.405 e. The highest BCUT2D eigenvalue weighted by Crippen LogP contribution is 2.28. The average Bonchev–Trinajstić information content (AvgIpc) is 3.30. The molecule has 0 bridgehead atoms. The van der Waals surface area contributed by atoms with Gasteiger partial charge in [-0.05, 0) is 34.9 Å². The molecule has 4 aromatic rings. The standard InChI is InChI=1S/C29H30N4O4/c34-28(32-16-18-36-19-17-32)33-26-11-5-10-25(27(26)37-29(33)35)31-14-12-30(13-15-31)21-22-6-4-9-24(20-22)23-7-2-1-3-8-23/h1-11,20H,12-19,21H2. The smallest absolute Gasteiger partial charge is 0.405 e. The largest absolute Gasteiger partial charge is 0.428 e. The lowest BCUT2D eigenvalue weighted by molar-refractivity contribution is 0.0534. The van der Waals surface area contributed by atoms with E-state index >= 15 is 0 Å². The summed E-state index contributed by atoms with van der Waals surface area (Å²) in [5, 5.41) is 0. The predicted molar refractivity (Wildman–Crippen MR) is 143 cm³/mol. The van der Waals surface area contributed by atoms with Crippen LogP contribution >= 0.6 is 0 Å². The number of carbonyl (C=O) groups excluding carboxylic acids is 1. The summed E-state index contributed by atoms with van der Waals surface area (Å²) in [7, 11) is 0. The van der Waals surface area contributed by atoms with Crippen molar-refractivity contribution >= 4 is 22.8 Å². The third kappa shape index (κ3) is 4.77. The van der Waals surface area contributed by atoms with Gasteiger partial charge in [-0.2, -0.15) is 4.57 Å². The van der Waals surface area contributed by atoms with Crippen LogP contribution in [0.2, 0.25) is 0 Å². The first-order valence-electron chi connectivity index (χ1n) is 12.8. The van der Waals surface area contributed by atoms with Crippen LogP contribution in [0.5, 0.6) is 0 Å². The lowest BCUT2D eigenvalue weighted by atomic mass is 10.0. The van der Waals surface area contributed by atoms with Crippen LogP contribution in [0, 0.1) is 0 Å². The van der Waals surface area contributed by atoms with Gasteiger partial charge in [0, 0.05) is 45.8 Å². The van der Waals surface area contributed by atoms with Gasteiger partial charge in [0.05, 0.1) is 18.9 Å². The zero-order valence-corrected chi connectivity index (χ0v) is 20.7. The van der Waals surface area contributed by atoms with Crippen molar-refractivity contribution in [2.24, 2.45) is 0 Å². The van der Waals surface area contributed by atoms with Crippen LogP contribution in [-0.2, 0) is 11.3 Å². The fourth-order valence-electron chi connectivity index (χ4n) is 5.24. The molecule has 3 aromatic carbocycles. The van der Waals surface area contributed by atoms with E-state index in [0.29, 0.717) is 37.4 Å². The molecule has 0 saturated carbocycles. The molecular weight excluding hydrogens is 468 g/mol. The van der Waals surface area contributed by atoms with Gasteiger partial charge in [-0.1, -0.05) is 54.6 Å². The van der Waals surface area contributed by atoms with Crippen LogP contribution in [0.25, 0.3) is 22.2 Å². The number of para-hydroxylation sites is 1. The highest BCUT2D eigenvalue weighted by molar-refractivity contribution is 5.94. The molecule has 8 nitrogen and oxygen atoms in total. The number of hydrogen-bond acceptors (Lipinski definition) is 6. The zero-order valence-electron chi connectivity index (χ0n) is 20.7. The number of piperazine rings is 1. The van der Waals surface area contributed by atoms with E-state index in [4.69, 9.17) is 9.15 Å². The first-order chi connectivity index (χ1) is 18.2. The molecule has 1 amide bonds. The number of morpholine rings is 1. The van der Waals surface area contributed by atoms with Crippen molar-refractivity contribution in [3.05, 3.63) is 88.9 Å². The number of hydrogen-bond donors (Lipinski definition) is 0. The highest BCUT2D eigenvalue weighted by Gasteiger charge is 2.26. The predicted octanol–water partition coefficient (Wildman–Crippen LogP) is 3.88. The monoisotopic (exact) mass is 498 g/mol. The zero-order chi connectivity index (χ0) is 25.2. The van der Waals surface area contributed by atoms with Gasteiger partial charge in [-0.3, -0.25) is 4.90 Å². The highest BCUT2D eigenvalue weighted by atomic mass is 16.5. The number of ether oxygens (including phenoxy) is 1. The maximum absolute atomic E-state index is 13.1. The van der Waals surface area contributed by atoms with Crippen molar-refractivity contribution in [2.75, 3.05) is 57.4 Å². The number of oxazole rings is 1. The normalized spacial score (nSPS) is 16.9. The molecule has 0 N–H and O–H groups in total. The Hall–Kier alpha value is -3.88. The summed E-state index contributed by atoms with van der Waals surface area (Å²) < 4.78 is 12.1. The molecule has 0 aliphatic carbocycles. The fourth-order valence-corrected chi connectivity index (χ4v) is 5.24. The minimum atomic E-state index is -0.643. The van der Waals surface area contributed by atoms with Crippen molar-refractivity contribution in [2.45, 2.75) is 6.54 Å². The first kappa shape index (κ1) is 23.5. The van der Waals surface area contributed by atoms with Crippen LogP contribution in [0.15, 0.2) is 82.0 Å². The summed E-state index contributed by atoms with van der Waals surface area (Å²) in [6.07, 6.45) is 0. The van der Waals surface area contributed by atoms with Crippen LogP contribution in [0.1, 0.15) is 5.56 Å². The second-order valence-corrected chi connectivity index (χ2v) is 9.54. The van der Waals surface area contributed by atoms with E-state index in [1.165, 1.54) is 16.7 Å². The molecule has 2 fully saturated rings. The average molecular weight is 499 g/mol. The molecule has 8 heteroatoms. The van der Waals surface area contributed by atoms with Crippen molar-refractivity contribution in [3.8, 4) is 11.1 Å². The van der Waals surface area contributed by atoms with Gasteiger partial charge in [0.15, 0.2) is 5.58 Å². The van der Waals surface area contributed by atoms with Gasteiger partial charge in [-0.25, -0.2) is 9.59 Å². The Morgan fingerprint density at radius 3 is 2.30 bits per heavy atom. The third-order valence-electron chi connectivity index (χ3n) is 7.21. The van der Waals surface area contributed by atoms with Gasteiger partial charge in [-0.15, -0.1) is 0 Å². The van der Waals surface area contributed by atoms with E-state index in [1.807, 2.05) is 18.2 Å². The summed E-state index contributed by atoms with van der Waals surface area (Å²) in [6, 6.07) is 24.4. The number of fused-ring (bicyclic) bond motifs is 1. The Morgan fingerprint density at radius 1 is 0.784 bits per heavy atom. The van der Waals surface area contributed by atoms with Crippen molar-refractivity contribution in [3.63, 3.8) is 0 Å². The third-order valence-corrected chi connectivity index (χ3v) is 7.21. The van der Waals surface area contributed by atoms with Crippen LogP contribution < -0.4 is 10.7 Å². The molecule has 0 spiro atoms. The van der Waals surface area contributed by atoms with Crippen molar-refractivity contribution in [1.82, 2.24) is 14.4 Å². The molecule has 6 rings (SSSR count). The fraction of sp³-hybridized carbons (Fsp3) is 0.310. The second-order valence-electron chi connectivity index (χ2n) is 9.54. The summed E-state index contributed by atoms with van der Waals surface area (Å²) in [5.74, 6) is -0.643. The molecule has 37 heavy (non-hydrogen) atoms. The quantitative estimate of drug-likeness (QED) is 0.425. The maximum Gasteiger partial charge on any atom is 0.428 e. The molecule has 1 aromatic heterocycles. The number of carbonyl (C=O) groups is 1. The van der Waals surface area contributed by atoms with Crippen molar-refractivity contribution in [1.29, 1.82) is 0 Å². The molecule has 0 atom stereocenters. The van der Waals surface area contributed by atoms with Gasteiger partial charge in [0.25, 0.3) is 0 Å². The Morgan fingerprint density at radius 2 is 1.51 bits per heavy atom. The number of nitrogens with zero attached hydrogens (tertiary/aromatic N) is 4. The second kappa shape index (κ2) is 10.2. The Labute approximate surface area is 215 Å². The number of anilines is 1. The molecule has 3 heterocycles. The van der Waals surface area contributed by atoms with Crippen LogP contribution in [0.4, 0.5) is 10.5 Å². The van der Waals surface area contributed by atoms with Crippen molar-refractivity contribution < 1.29 is 13.9 Å². The summed E-state index contributed by atoms with van der Waals surface area (Å²) in [4.78, 5) is 32.1. The van der Waals surface area contributed by atoms with Gasteiger partial charge in [0.1, 0.15) is 5.52 Å². The molecule has 2 saturated heterocycles. The van der Waals surface area contributed by atoms with E-state index in [-0.39, 0.29) is 6.03 Å². The van der Waals surface area contributed by atoms with Crippen LogP contribution in [-0.4, -0.2) is 72.9 Å². The number of benzene rings is 3. The molecule has 0 unspecified atom stereocenters. The Kier molecular flexibility index (Phi) is 6.51. The van der Waals surface area contributed by atoms with E-state index in [2.05, 4.69) is 58.3 Å².